The molecule has 29 heavy (non-hydrogen) atoms. The second-order valence-electron chi connectivity index (χ2n) is 7.59. The number of pyridine rings is 2. The number of hydrogen-bond acceptors (Lipinski definition) is 6. The summed E-state index contributed by atoms with van der Waals surface area (Å²) >= 11 is 0. The quantitative estimate of drug-likeness (QED) is 0.692. The Hall–Kier alpha value is -2.58. The fraction of sp³-hybridized carbons (Fsp3) is 0.476. The van der Waals surface area contributed by atoms with Crippen LogP contribution in [0.1, 0.15) is 19.3 Å². The Kier molecular flexibility index (Phi) is 6.31. The zero-order valence-electron chi connectivity index (χ0n) is 16.3. The van der Waals surface area contributed by atoms with Gasteiger partial charge < -0.3 is 20.7 Å². The second kappa shape index (κ2) is 9.28. The van der Waals surface area contributed by atoms with Crippen molar-refractivity contribution in [3.63, 3.8) is 0 Å². The summed E-state index contributed by atoms with van der Waals surface area (Å²) in [4.78, 5) is 20.6. The summed E-state index contributed by atoms with van der Waals surface area (Å²) in [6.07, 6.45) is 5.67. The van der Waals surface area contributed by atoms with E-state index in [4.69, 9.17) is 4.74 Å². The van der Waals surface area contributed by atoms with E-state index < -0.39 is 5.82 Å². The summed E-state index contributed by atoms with van der Waals surface area (Å²) in [6, 6.07) is 5.24. The van der Waals surface area contributed by atoms with Gasteiger partial charge in [-0.15, -0.1) is 0 Å². The lowest BCUT2D eigenvalue weighted by atomic mass is 10.0. The van der Waals surface area contributed by atoms with Gasteiger partial charge in [0.15, 0.2) is 5.82 Å². The van der Waals surface area contributed by atoms with Crippen molar-refractivity contribution < 1.29 is 13.9 Å². The summed E-state index contributed by atoms with van der Waals surface area (Å²) in [5.74, 6) is 0.256. The zero-order chi connectivity index (χ0) is 20.1. The van der Waals surface area contributed by atoms with E-state index in [1.807, 2.05) is 12.1 Å². The lowest BCUT2D eigenvalue weighted by Gasteiger charge is -2.22. The van der Waals surface area contributed by atoms with E-state index in [1.165, 1.54) is 0 Å². The van der Waals surface area contributed by atoms with Gasteiger partial charge in [0.05, 0.1) is 17.8 Å². The van der Waals surface area contributed by atoms with Crippen molar-refractivity contribution in [2.45, 2.75) is 19.3 Å². The molecule has 0 bridgehead atoms. The molecule has 2 fully saturated rings. The van der Waals surface area contributed by atoms with E-state index in [1.54, 1.807) is 12.3 Å². The van der Waals surface area contributed by atoms with Crippen LogP contribution in [0.5, 0.6) is 0 Å². The van der Waals surface area contributed by atoms with Gasteiger partial charge in [-0.25, -0.2) is 9.37 Å². The first-order chi connectivity index (χ1) is 14.2. The van der Waals surface area contributed by atoms with E-state index in [9.17, 15) is 9.18 Å². The number of nitrogens with one attached hydrogen (secondary N) is 3. The molecule has 0 saturated carbocycles. The maximum absolute atomic E-state index is 14.4. The smallest absolute Gasteiger partial charge is 0.229 e. The summed E-state index contributed by atoms with van der Waals surface area (Å²) in [6.45, 7) is 3.95. The number of anilines is 2. The van der Waals surface area contributed by atoms with Crippen LogP contribution in [0.3, 0.4) is 0 Å². The van der Waals surface area contributed by atoms with Crippen molar-refractivity contribution in [1.29, 1.82) is 0 Å². The molecule has 7 nitrogen and oxygen atoms in total. The molecule has 0 aromatic carbocycles. The molecular weight excluding hydrogens is 373 g/mol. The summed E-state index contributed by atoms with van der Waals surface area (Å²) < 4.78 is 19.8. The van der Waals surface area contributed by atoms with Gasteiger partial charge in [0.25, 0.3) is 0 Å². The molecule has 4 rings (SSSR count). The summed E-state index contributed by atoms with van der Waals surface area (Å²) in [5, 5.41) is 9.37. The third kappa shape index (κ3) is 5.07. The molecule has 1 amide bonds. The molecule has 2 aliphatic heterocycles. The number of halogens is 1. The Balaban J connectivity index is 1.46. The first-order valence-corrected chi connectivity index (χ1v) is 10.1. The average molecular weight is 399 g/mol. The highest BCUT2D eigenvalue weighted by Crippen LogP contribution is 2.26. The molecule has 0 spiro atoms. The highest BCUT2D eigenvalue weighted by molar-refractivity contribution is 5.92. The van der Waals surface area contributed by atoms with Gasteiger partial charge in [-0.2, -0.15) is 0 Å². The van der Waals surface area contributed by atoms with Crippen LogP contribution in [0.4, 0.5) is 15.9 Å². The fourth-order valence-corrected chi connectivity index (χ4v) is 3.71. The Morgan fingerprint density at radius 1 is 1.24 bits per heavy atom. The Morgan fingerprint density at radius 2 is 2.10 bits per heavy atom. The van der Waals surface area contributed by atoms with E-state index in [0.717, 1.165) is 57.4 Å². The molecule has 3 N–H and O–H groups in total. The first kappa shape index (κ1) is 19.7. The largest absolute Gasteiger partial charge is 0.385 e. The van der Waals surface area contributed by atoms with Gasteiger partial charge in [0, 0.05) is 43.8 Å². The number of rotatable bonds is 6. The predicted octanol–water partition coefficient (Wildman–Crippen LogP) is 2.67. The lowest BCUT2D eigenvalue weighted by molar-refractivity contribution is -0.119. The van der Waals surface area contributed by atoms with Gasteiger partial charge in [-0.1, -0.05) is 0 Å². The molecular formula is C21H26FN5O2. The summed E-state index contributed by atoms with van der Waals surface area (Å²) in [5.41, 5.74) is 1.70. The lowest BCUT2D eigenvalue weighted by Crippen LogP contribution is -2.25. The number of aromatic nitrogens is 2. The molecule has 0 unspecified atom stereocenters. The molecule has 1 atom stereocenters. The molecule has 2 saturated heterocycles. The van der Waals surface area contributed by atoms with Gasteiger partial charge in [0.2, 0.25) is 5.91 Å². The maximum atomic E-state index is 14.4. The molecule has 154 valence electrons. The van der Waals surface area contributed by atoms with Crippen LogP contribution in [0.2, 0.25) is 0 Å². The standard InChI is InChI=1S/C21H26FN5O2/c22-18-13-26-20(27-21(28)15-1-5-23-12-15)10-17(18)19-9-16(2-6-24-19)25-11-14-3-7-29-8-4-14/h2,6,9-10,13-15,23H,1,3-5,7-8,11-12H2,(H,24,25)(H,26,27,28)/t15-/m1/s1. The second-order valence-corrected chi connectivity index (χ2v) is 7.59. The van der Waals surface area contributed by atoms with Crippen molar-refractivity contribution in [2.75, 3.05) is 43.5 Å². The van der Waals surface area contributed by atoms with E-state index in [-0.39, 0.29) is 11.8 Å². The maximum Gasteiger partial charge on any atom is 0.229 e. The Labute approximate surface area is 169 Å². The monoisotopic (exact) mass is 399 g/mol. The van der Waals surface area contributed by atoms with Crippen molar-refractivity contribution in [1.82, 2.24) is 15.3 Å². The predicted molar refractivity (Wildman–Crippen MR) is 109 cm³/mol. The van der Waals surface area contributed by atoms with Crippen molar-refractivity contribution in [3.05, 3.63) is 36.4 Å². The molecule has 4 heterocycles. The minimum absolute atomic E-state index is 0.0823. The van der Waals surface area contributed by atoms with Crippen LogP contribution >= 0.6 is 0 Å². The molecule has 2 aromatic heterocycles. The van der Waals surface area contributed by atoms with Crippen LogP contribution in [-0.4, -0.2) is 48.7 Å². The number of ether oxygens (including phenoxy) is 1. The molecule has 0 radical (unpaired) electrons. The average Bonchev–Trinajstić information content (AvgIpc) is 3.30. The van der Waals surface area contributed by atoms with Crippen LogP contribution in [-0.2, 0) is 9.53 Å². The third-order valence-electron chi connectivity index (χ3n) is 5.51. The van der Waals surface area contributed by atoms with Crippen LogP contribution in [0.25, 0.3) is 11.3 Å². The van der Waals surface area contributed by atoms with Crippen LogP contribution < -0.4 is 16.0 Å². The highest BCUT2D eigenvalue weighted by atomic mass is 19.1. The Bertz CT molecular complexity index is 851. The number of amides is 1. The van der Waals surface area contributed by atoms with Gasteiger partial charge in [-0.3, -0.25) is 9.78 Å². The summed E-state index contributed by atoms with van der Waals surface area (Å²) in [7, 11) is 0. The number of hydrogen-bond donors (Lipinski definition) is 3. The topological polar surface area (TPSA) is 88.2 Å². The molecule has 8 heteroatoms. The number of nitrogens with zero attached hydrogens (tertiary/aromatic N) is 2. The first-order valence-electron chi connectivity index (χ1n) is 10.1. The minimum Gasteiger partial charge on any atom is -0.385 e. The van der Waals surface area contributed by atoms with Crippen molar-refractivity contribution in [3.8, 4) is 11.3 Å². The van der Waals surface area contributed by atoms with Crippen molar-refractivity contribution >= 4 is 17.4 Å². The fourth-order valence-electron chi connectivity index (χ4n) is 3.71. The van der Waals surface area contributed by atoms with Crippen LogP contribution in [0.15, 0.2) is 30.6 Å². The van der Waals surface area contributed by atoms with E-state index >= 15 is 0 Å². The number of carbonyl (C=O) groups is 1. The number of carbonyl (C=O) groups excluding carboxylic acids is 1. The zero-order valence-corrected chi connectivity index (χ0v) is 16.3. The van der Waals surface area contributed by atoms with Crippen LogP contribution in [0, 0.1) is 17.7 Å². The Morgan fingerprint density at radius 3 is 2.90 bits per heavy atom. The third-order valence-corrected chi connectivity index (χ3v) is 5.51. The molecule has 2 aliphatic rings. The molecule has 2 aromatic rings. The van der Waals surface area contributed by atoms with Crippen molar-refractivity contribution in [2.24, 2.45) is 11.8 Å². The highest BCUT2D eigenvalue weighted by Gasteiger charge is 2.23. The SMILES string of the molecule is O=C(Nc1cc(-c2cc(NCC3CCOCC3)ccn2)c(F)cn1)[C@@H]1CCNC1. The van der Waals surface area contributed by atoms with Gasteiger partial charge >= 0.3 is 0 Å². The van der Waals surface area contributed by atoms with E-state index in [2.05, 4.69) is 25.9 Å². The molecule has 0 aliphatic carbocycles. The minimum atomic E-state index is -0.473. The normalized spacial score (nSPS) is 19.8. The van der Waals surface area contributed by atoms with Gasteiger partial charge in [-0.05, 0) is 49.9 Å². The van der Waals surface area contributed by atoms with E-state index in [0.29, 0.717) is 29.5 Å². The van der Waals surface area contributed by atoms with Gasteiger partial charge in [0.1, 0.15) is 5.82 Å².